The molecule has 5 heteroatoms. The number of amides is 1. The molecule has 0 saturated carbocycles. The Balaban J connectivity index is 1.79. The molecule has 0 aromatic carbocycles. The second kappa shape index (κ2) is 5.84. The minimum absolute atomic E-state index is 0.206. The number of nitrogens with zero attached hydrogens (tertiary/aromatic N) is 3. The Kier molecular flexibility index (Phi) is 4.16. The molecule has 0 radical (unpaired) electrons. The van der Waals surface area contributed by atoms with Crippen molar-refractivity contribution in [1.82, 2.24) is 14.9 Å². The molecule has 0 unspecified atom stereocenters. The van der Waals surface area contributed by atoms with Crippen LogP contribution < -0.4 is 0 Å². The third-order valence-electron chi connectivity index (χ3n) is 2.58. The summed E-state index contributed by atoms with van der Waals surface area (Å²) in [5.74, 6) is 0.654. The van der Waals surface area contributed by atoms with E-state index in [1.807, 2.05) is 4.90 Å². The van der Waals surface area contributed by atoms with Crippen LogP contribution >= 0.6 is 11.8 Å². The van der Waals surface area contributed by atoms with Gasteiger partial charge in [-0.2, -0.15) is 0 Å². The van der Waals surface area contributed by atoms with Crippen LogP contribution in [0.15, 0.2) is 23.6 Å². The van der Waals surface area contributed by atoms with Crippen LogP contribution in [0.5, 0.6) is 0 Å². The van der Waals surface area contributed by atoms with Gasteiger partial charge in [0.25, 0.3) is 0 Å². The predicted molar refractivity (Wildman–Crippen MR) is 63.2 cm³/mol. The van der Waals surface area contributed by atoms with Crippen LogP contribution in [0.1, 0.15) is 19.3 Å². The third kappa shape index (κ3) is 3.20. The van der Waals surface area contributed by atoms with Gasteiger partial charge >= 0.3 is 0 Å². The van der Waals surface area contributed by atoms with Gasteiger partial charge in [-0.25, -0.2) is 9.97 Å². The second-order valence-electron chi connectivity index (χ2n) is 3.76. The SMILES string of the molecule is O=C(CSc1ncccn1)N1CCCCC1. The minimum atomic E-state index is 0.206. The van der Waals surface area contributed by atoms with Crippen molar-refractivity contribution < 1.29 is 4.79 Å². The second-order valence-corrected chi connectivity index (χ2v) is 4.70. The van der Waals surface area contributed by atoms with Crippen molar-refractivity contribution >= 4 is 17.7 Å². The highest BCUT2D eigenvalue weighted by Gasteiger charge is 2.16. The monoisotopic (exact) mass is 237 g/mol. The summed E-state index contributed by atoms with van der Waals surface area (Å²) in [6, 6.07) is 1.77. The lowest BCUT2D eigenvalue weighted by molar-refractivity contribution is -0.129. The van der Waals surface area contributed by atoms with Gasteiger partial charge in [0.1, 0.15) is 0 Å². The summed E-state index contributed by atoms with van der Waals surface area (Å²) in [7, 11) is 0. The number of hydrogen-bond donors (Lipinski definition) is 0. The van der Waals surface area contributed by atoms with Crippen molar-refractivity contribution in [2.24, 2.45) is 0 Å². The Morgan fingerprint density at radius 1 is 1.25 bits per heavy atom. The highest BCUT2D eigenvalue weighted by molar-refractivity contribution is 7.99. The summed E-state index contributed by atoms with van der Waals surface area (Å²) in [4.78, 5) is 21.9. The molecule has 1 aromatic heterocycles. The van der Waals surface area contributed by atoms with E-state index in [2.05, 4.69) is 9.97 Å². The molecule has 2 rings (SSSR count). The first-order chi connectivity index (χ1) is 7.86. The average molecular weight is 237 g/mol. The fourth-order valence-electron chi connectivity index (χ4n) is 1.72. The quantitative estimate of drug-likeness (QED) is 0.591. The molecule has 1 amide bonds. The topological polar surface area (TPSA) is 46.1 Å². The van der Waals surface area contributed by atoms with Gasteiger partial charge in [0, 0.05) is 25.5 Å². The molecule has 0 N–H and O–H groups in total. The summed E-state index contributed by atoms with van der Waals surface area (Å²) in [5.41, 5.74) is 0. The van der Waals surface area contributed by atoms with Crippen molar-refractivity contribution in [3.05, 3.63) is 18.5 Å². The lowest BCUT2D eigenvalue weighted by Crippen LogP contribution is -2.36. The van der Waals surface area contributed by atoms with E-state index in [1.165, 1.54) is 18.2 Å². The van der Waals surface area contributed by atoms with E-state index in [-0.39, 0.29) is 5.91 Å². The van der Waals surface area contributed by atoms with Crippen LogP contribution in [-0.2, 0) is 4.79 Å². The number of thioether (sulfide) groups is 1. The first kappa shape index (κ1) is 11.4. The van der Waals surface area contributed by atoms with E-state index in [0.29, 0.717) is 10.9 Å². The minimum Gasteiger partial charge on any atom is -0.342 e. The first-order valence-electron chi connectivity index (χ1n) is 5.54. The number of likely N-dealkylation sites (tertiary alicyclic amines) is 1. The summed E-state index contributed by atoms with van der Waals surface area (Å²) < 4.78 is 0. The van der Waals surface area contributed by atoms with Gasteiger partial charge in [0.2, 0.25) is 5.91 Å². The molecule has 16 heavy (non-hydrogen) atoms. The Morgan fingerprint density at radius 3 is 2.62 bits per heavy atom. The van der Waals surface area contributed by atoms with Crippen molar-refractivity contribution in [3.63, 3.8) is 0 Å². The zero-order chi connectivity index (χ0) is 11.2. The molecule has 2 heterocycles. The Morgan fingerprint density at radius 2 is 1.94 bits per heavy atom. The van der Waals surface area contributed by atoms with E-state index < -0.39 is 0 Å². The van der Waals surface area contributed by atoms with E-state index in [1.54, 1.807) is 18.5 Å². The maximum absolute atomic E-state index is 11.8. The highest BCUT2D eigenvalue weighted by Crippen LogP contribution is 2.14. The van der Waals surface area contributed by atoms with Crippen LogP contribution in [0, 0.1) is 0 Å². The van der Waals surface area contributed by atoms with Crippen LogP contribution in [0.3, 0.4) is 0 Å². The number of carbonyl (C=O) groups is 1. The van der Waals surface area contributed by atoms with Crippen LogP contribution in [0.25, 0.3) is 0 Å². The standard InChI is InChI=1S/C11H15N3OS/c15-10(14-7-2-1-3-8-14)9-16-11-12-5-4-6-13-11/h4-6H,1-3,7-9H2. The average Bonchev–Trinajstić information content (AvgIpc) is 2.38. The van der Waals surface area contributed by atoms with Gasteiger partial charge in [0.05, 0.1) is 5.75 Å². The van der Waals surface area contributed by atoms with Gasteiger partial charge in [-0.05, 0) is 25.3 Å². The van der Waals surface area contributed by atoms with Crippen molar-refractivity contribution in [3.8, 4) is 0 Å². The smallest absolute Gasteiger partial charge is 0.233 e. The van der Waals surface area contributed by atoms with Crippen molar-refractivity contribution in [2.75, 3.05) is 18.8 Å². The normalized spacial score (nSPS) is 16.1. The predicted octanol–water partition coefficient (Wildman–Crippen LogP) is 1.58. The third-order valence-corrected chi connectivity index (χ3v) is 3.44. The molecule has 0 aliphatic carbocycles. The van der Waals surface area contributed by atoms with Gasteiger partial charge < -0.3 is 4.90 Å². The van der Waals surface area contributed by atoms with Crippen molar-refractivity contribution in [2.45, 2.75) is 24.4 Å². The molecule has 1 aliphatic rings. The molecular formula is C11H15N3OS. The van der Waals surface area contributed by atoms with E-state index in [9.17, 15) is 4.79 Å². The van der Waals surface area contributed by atoms with Crippen LogP contribution in [0.2, 0.25) is 0 Å². The molecule has 1 fully saturated rings. The Bertz CT molecular complexity index is 338. The number of hydrogen-bond acceptors (Lipinski definition) is 4. The Labute approximate surface area is 99.5 Å². The fourth-order valence-corrected chi connectivity index (χ4v) is 2.43. The van der Waals surface area contributed by atoms with Gasteiger partial charge in [0.15, 0.2) is 5.16 Å². The van der Waals surface area contributed by atoms with Crippen LogP contribution in [-0.4, -0.2) is 39.6 Å². The summed E-state index contributed by atoms with van der Waals surface area (Å²) in [6.07, 6.45) is 6.91. The largest absolute Gasteiger partial charge is 0.342 e. The number of carbonyl (C=O) groups excluding carboxylic acids is 1. The van der Waals surface area contributed by atoms with E-state index in [0.717, 1.165) is 25.9 Å². The lowest BCUT2D eigenvalue weighted by Gasteiger charge is -2.26. The van der Waals surface area contributed by atoms with Crippen LogP contribution in [0.4, 0.5) is 0 Å². The summed E-state index contributed by atoms with van der Waals surface area (Å²) in [5, 5.41) is 0.674. The fraction of sp³-hybridized carbons (Fsp3) is 0.545. The van der Waals surface area contributed by atoms with E-state index >= 15 is 0 Å². The lowest BCUT2D eigenvalue weighted by atomic mass is 10.1. The number of piperidine rings is 1. The molecule has 1 saturated heterocycles. The molecule has 0 atom stereocenters. The zero-order valence-electron chi connectivity index (χ0n) is 9.13. The highest BCUT2D eigenvalue weighted by atomic mass is 32.2. The first-order valence-corrected chi connectivity index (χ1v) is 6.52. The van der Waals surface area contributed by atoms with Gasteiger partial charge in [-0.3, -0.25) is 4.79 Å². The molecule has 1 aliphatic heterocycles. The summed E-state index contributed by atoms with van der Waals surface area (Å²) in [6.45, 7) is 1.82. The number of rotatable bonds is 3. The molecule has 86 valence electrons. The molecule has 4 nitrogen and oxygen atoms in total. The zero-order valence-corrected chi connectivity index (χ0v) is 9.95. The molecule has 1 aromatic rings. The van der Waals surface area contributed by atoms with Crippen molar-refractivity contribution in [1.29, 1.82) is 0 Å². The number of aromatic nitrogens is 2. The van der Waals surface area contributed by atoms with E-state index in [4.69, 9.17) is 0 Å². The maximum atomic E-state index is 11.8. The molecular weight excluding hydrogens is 222 g/mol. The molecule has 0 spiro atoms. The van der Waals surface area contributed by atoms with Gasteiger partial charge in [-0.15, -0.1) is 0 Å². The summed E-state index contributed by atoms with van der Waals surface area (Å²) >= 11 is 1.41. The molecule has 0 bridgehead atoms. The Hall–Kier alpha value is -1.10. The maximum Gasteiger partial charge on any atom is 0.233 e. The van der Waals surface area contributed by atoms with Gasteiger partial charge in [-0.1, -0.05) is 11.8 Å².